The average molecular weight is 429 g/mol. The van der Waals surface area contributed by atoms with Gasteiger partial charge in [-0.15, -0.1) is 0 Å². The van der Waals surface area contributed by atoms with Crippen LogP contribution >= 0.6 is 0 Å². The minimum atomic E-state index is -0.426. The van der Waals surface area contributed by atoms with Gasteiger partial charge in [0.1, 0.15) is 11.7 Å². The van der Waals surface area contributed by atoms with Crippen molar-refractivity contribution in [3.8, 4) is 0 Å². The van der Waals surface area contributed by atoms with Crippen molar-refractivity contribution in [2.45, 2.75) is 94.9 Å². The SMILES string of the molecule is C[C@]12CC[C@H](OC=O)C[C@H]1CCC1C2CC[C@]2(C)[C@@H](C34C=CC(=O)OC3O4)C[C@H]3O[C@]132. The van der Waals surface area contributed by atoms with Crippen LogP contribution in [-0.2, 0) is 28.5 Å². The van der Waals surface area contributed by atoms with E-state index in [4.69, 9.17) is 18.9 Å². The first-order chi connectivity index (χ1) is 14.9. The lowest BCUT2D eigenvalue weighted by molar-refractivity contribution is -0.160. The molecule has 6 heteroatoms. The second-order valence-corrected chi connectivity index (χ2v) is 11.8. The molecule has 0 aromatic carbocycles. The smallest absolute Gasteiger partial charge is 0.332 e. The van der Waals surface area contributed by atoms with Gasteiger partial charge in [-0.2, -0.15) is 0 Å². The lowest BCUT2D eigenvalue weighted by Gasteiger charge is -2.61. The average Bonchev–Trinajstić information content (AvgIpc) is 3.63. The molecule has 2 saturated heterocycles. The monoisotopic (exact) mass is 428 g/mol. The van der Waals surface area contributed by atoms with Gasteiger partial charge in [0.2, 0.25) is 6.29 Å². The van der Waals surface area contributed by atoms with Crippen molar-refractivity contribution in [1.82, 2.24) is 0 Å². The lowest BCUT2D eigenvalue weighted by atomic mass is 9.43. The third-order valence-corrected chi connectivity index (χ3v) is 11.2. The van der Waals surface area contributed by atoms with Gasteiger partial charge < -0.3 is 18.9 Å². The second-order valence-electron chi connectivity index (χ2n) is 11.8. The summed E-state index contributed by atoms with van der Waals surface area (Å²) in [5.41, 5.74) is -0.0912. The Hall–Kier alpha value is -1.40. The Morgan fingerprint density at radius 3 is 2.74 bits per heavy atom. The van der Waals surface area contributed by atoms with E-state index in [-0.39, 0.29) is 23.1 Å². The van der Waals surface area contributed by atoms with Gasteiger partial charge in [0.15, 0.2) is 5.60 Å². The number of epoxide rings is 2. The number of esters is 1. The van der Waals surface area contributed by atoms with Crippen LogP contribution in [0.3, 0.4) is 0 Å². The highest BCUT2D eigenvalue weighted by molar-refractivity contribution is 5.84. The van der Waals surface area contributed by atoms with Crippen molar-refractivity contribution < 1.29 is 28.5 Å². The Kier molecular flexibility index (Phi) is 3.54. The molecule has 168 valence electrons. The minimum Gasteiger partial charge on any atom is -0.465 e. The van der Waals surface area contributed by atoms with Gasteiger partial charge in [-0.1, -0.05) is 13.8 Å². The zero-order valence-electron chi connectivity index (χ0n) is 18.4. The highest BCUT2D eigenvalue weighted by Crippen LogP contribution is 2.79. The first kappa shape index (κ1) is 19.1. The number of hydrogen-bond acceptors (Lipinski definition) is 6. The third kappa shape index (κ3) is 2.12. The van der Waals surface area contributed by atoms with Crippen LogP contribution in [0.5, 0.6) is 0 Å². The van der Waals surface area contributed by atoms with Crippen LogP contribution in [0.25, 0.3) is 0 Å². The van der Waals surface area contributed by atoms with Crippen molar-refractivity contribution in [2.24, 2.45) is 34.5 Å². The molecule has 1 spiro atoms. The van der Waals surface area contributed by atoms with E-state index in [0.717, 1.165) is 32.1 Å². The second kappa shape index (κ2) is 5.74. The van der Waals surface area contributed by atoms with E-state index in [1.165, 1.54) is 19.3 Å². The molecule has 7 aliphatic rings. The summed E-state index contributed by atoms with van der Waals surface area (Å²) >= 11 is 0. The van der Waals surface area contributed by atoms with Crippen LogP contribution in [-0.4, -0.2) is 42.1 Å². The summed E-state index contributed by atoms with van der Waals surface area (Å²) in [7, 11) is 0. The molecule has 31 heavy (non-hydrogen) atoms. The molecule has 0 aromatic heterocycles. The number of ether oxygens (including phenoxy) is 4. The Labute approximate surface area is 183 Å². The fourth-order valence-electron chi connectivity index (χ4n) is 9.63. The highest BCUT2D eigenvalue weighted by Gasteiger charge is 2.85. The maximum atomic E-state index is 11.7. The van der Waals surface area contributed by atoms with E-state index in [0.29, 0.717) is 41.7 Å². The molecule has 0 radical (unpaired) electrons. The first-order valence-corrected chi connectivity index (χ1v) is 12.2. The van der Waals surface area contributed by atoms with E-state index >= 15 is 0 Å². The number of fused-ring (bicyclic) bond motifs is 4. The largest absolute Gasteiger partial charge is 0.465 e. The highest BCUT2D eigenvalue weighted by atomic mass is 16.8. The normalized spacial score (nSPS) is 60.5. The zero-order chi connectivity index (χ0) is 21.2. The molecule has 6 nitrogen and oxygen atoms in total. The van der Waals surface area contributed by atoms with Gasteiger partial charge in [-0.05, 0) is 80.6 Å². The molecule has 0 N–H and O–H groups in total. The summed E-state index contributed by atoms with van der Waals surface area (Å²) in [5.74, 6) is 1.96. The number of carbonyl (C=O) groups is 2. The molecule has 7 rings (SSSR count). The molecule has 6 fully saturated rings. The summed E-state index contributed by atoms with van der Waals surface area (Å²) in [5, 5.41) is 0. The standard InChI is InChI=1S/C25H32O6/c1-22-8-5-15(28-13-26)11-14(22)3-4-17-16(22)6-9-23(2)18(12-19-25(17,23)30-19)24-10-7-20(27)29-21(24)31-24/h7,10,13-19,21H,3-6,8-9,11-12H2,1-2H3/t14-,15+,16?,17?,18+,19-,21?,22+,23-,24?,25-/m1/s1. The van der Waals surface area contributed by atoms with Gasteiger partial charge in [-0.25, -0.2) is 4.79 Å². The molecule has 4 unspecified atom stereocenters. The molecule has 0 aromatic rings. The Balaban J connectivity index is 1.19. The van der Waals surface area contributed by atoms with Gasteiger partial charge in [0, 0.05) is 17.4 Å². The summed E-state index contributed by atoms with van der Waals surface area (Å²) in [6.45, 7) is 5.58. The quantitative estimate of drug-likeness (QED) is 0.389. The van der Waals surface area contributed by atoms with Crippen LogP contribution in [0.15, 0.2) is 12.2 Å². The molecule has 4 saturated carbocycles. The third-order valence-electron chi connectivity index (χ3n) is 11.2. The van der Waals surface area contributed by atoms with Gasteiger partial charge in [-0.3, -0.25) is 4.79 Å². The summed E-state index contributed by atoms with van der Waals surface area (Å²) < 4.78 is 23.5. The molecule has 4 aliphatic carbocycles. The van der Waals surface area contributed by atoms with Crippen LogP contribution in [0.4, 0.5) is 0 Å². The maximum Gasteiger partial charge on any atom is 0.332 e. The van der Waals surface area contributed by atoms with Crippen molar-refractivity contribution >= 4 is 12.4 Å². The molecule has 3 heterocycles. The number of rotatable bonds is 3. The minimum absolute atomic E-state index is 0.0365. The van der Waals surface area contributed by atoms with Crippen molar-refractivity contribution in [1.29, 1.82) is 0 Å². The predicted molar refractivity (Wildman–Crippen MR) is 108 cm³/mol. The maximum absolute atomic E-state index is 11.7. The fourth-order valence-corrected chi connectivity index (χ4v) is 9.63. The lowest BCUT2D eigenvalue weighted by Crippen LogP contribution is -2.59. The van der Waals surface area contributed by atoms with E-state index in [1.54, 1.807) is 6.08 Å². The summed E-state index contributed by atoms with van der Waals surface area (Å²) in [4.78, 5) is 22.5. The number of hydrogen-bond donors (Lipinski definition) is 0. The van der Waals surface area contributed by atoms with Gasteiger partial charge in [0.05, 0.1) is 6.10 Å². The van der Waals surface area contributed by atoms with Crippen LogP contribution in [0.2, 0.25) is 0 Å². The predicted octanol–water partition coefficient (Wildman–Crippen LogP) is 3.53. The number of carbonyl (C=O) groups excluding carboxylic acids is 2. The van der Waals surface area contributed by atoms with Crippen molar-refractivity contribution in [2.75, 3.05) is 0 Å². The summed E-state index contributed by atoms with van der Waals surface area (Å²) in [6, 6.07) is 0. The van der Waals surface area contributed by atoms with Crippen LogP contribution in [0.1, 0.15) is 65.2 Å². The molecule has 0 amide bonds. The van der Waals surface area contributed by atoms with E-state index in [2.05, 4.69) is 13.8 Å². The van der Waals surface area contributed by atoms with Crippen LogP contribution in [0, 0.1) is 34.5 Å². The van der Waals surface area contributed by atoms with E-state index in [9.17, 15) is 9.59 Å². The van der Waals surface area contributed by atoms with E-state index in [1.807, 2.05) is 6.08 Å². The first-order valence-electron chi connectivity index (χ1n) is 12.2. The van der Waals surface area contributed by atoms with Gasteiger partial charge >= 0.3 is 5.97 Å². The van der Waals surface area contributed by atoms with Crippen molar-refractivity contribution in [3.63, 3.8) is 0 Å². The Morgan fingerprint density at radius 1 is 1.06 bits per heavy atom. The van der Waals surface area contributed by atoms with Crippen molar-refractivity contribution in [3.05, 3.63) is 12.2 Å². The Morgan fingerprint density at radius 2 is 1.94 bits per heavy atom. The fraction of sp³-hybridized carbons (Fsp3) is 0.840. The van der Waals surface area contributed by atoms with Gasteiger partial charge in [0.25, 0.3) is 6.47 Å². The molecule has 0 bridgehead atoms. The molecular weight excluding hydrogens is 396 g/mol. The topological polar surface area (TPSA) is 77.7 Å². The summed E-state index contributed by atoms with van der Waals surface area (Å²) in [6.07, 6.45) is 12.5. The van der Waals surface area contributed by atoms with E-state index < -0.39 is 11.9 Å². The molecule has 11 atom stereocenters. The van der Waals surface area contributed by atoms with Crippen LogP contribution < -0.4 is 0 Å². The zero-order valence-corrected chi connectivity index (χ0v) is 18.4. The molecule has 3 aliphatic heterocycles. The Bertz CT molecular complexity index is 885. The molecular formula is C25H32O6.